The highest BCUT2D eigenvalue weighted by molar-refractivity contribution is 6.35. The monoisotopic (exact) mass is 301 g/mol. The minimum Gasteiger partial charge on any atom is -0.495 e. The van der Waals surface area contributed by atoms with Crippen LogP contribution in [0.4, 0.5) is 11.4 Å². The zero-order valence-electron chi connectivity index (χ0n) is 11.2. The fourth-order valence-electron chi connectivity index (χ4n) is 1.83. The number of rotatable bonds is 3. The largest absolute Gasteiger partial charge is 0.495 e. The predicted octanol–water partition coefficient (Wildman–Crippen LogP) is 3.05. The van der Waals surface area contributed by atoms with Crippen LogP contribution in [-0.2, 0) is 0 Å². The van der Waals surface area contributed by atoms with Crippen molar-refractivity contribution < 1.29 is 9.53 Å². The van der Waals surface area contributed by atoms with Crippen LogP contribution in [0.15, 0.2) is 36.4 Å². The number of nitrogens with zero attached hydrogens (tertiary/aromatic N) is 1. The third-order valence-corrected chi connectivity index (χ3v) is 3.17. The van der Waals surface area contributed by atoms with Gasteiger partial charge in [-0.1, -0.05) is 17.7 Å². The molecule has 5 nitrogen and oxygen atoms in total. The number of carbonyl (C=O) groups is 1. The van der Waals surface area contributed by atoms with E-state index in [1.54, 1.807) is 30.3 Å². The van der Waals surface area contributed by atoms with Crippen molar-refractivity contribution >= 4 is 28.9 Å². The lowest BCUT2D eigenvalue weighted by atomic mass is 10.1. The van der Waals surface area contributed by atoms with Crippen LogP contribution < -0.4 is 15.8 Å². The Kier molecular flexibility index (Phi) is 4.31. The molecule has 0 bridgehead atoms. The van der Waals surface area contributed by atoms with Crippen molar-refractivity contribution in [2.75, 3.05) is 18.2 Å². The quantitative estimate of drug-likeness (QED) is 0.853. The van der Waals surface area contributed by atoms with Gasteiger partial charge in [0.05, 0.1) is 35.0 Å². The molecule has 1 amide bonds. The second kappa shape index (κ2) is 6.16. The first-order valence-electron chi connectivity index (χ1n) is 6.00. The third kappa shape index (κ3) is 3.07. The molecule has 106 valence electrons. The third-order valence-electron chi connectivity index (χ3n) is 2.85. The summed E-state index contributed by atoms with van der Waals surface area (Å²) in [5.74, 6) is -0.0610. The molecule has 0 aliphatic carbocycles. The van der Waals surface area contributed by atoms with Crippen LogP contribution in [0.25, 0.3) is 0 Å². The maximum Gasteiger partial charge on any atom is 0.259 e. The number of nitrogens with two attached hydrogens (primary N) is 1. The lowest BCUT2D eigenvalue weighted by molar-refractivity contribution is 0.102. The SMILES string of the molecule is COc1cc(C#N)ccc1NC(=O)c1c(N)cccc1Cl. The molecule has 0 radical (unpaired) electrons. The van der Waals surface area contributed by atoms with Gasteiger partial charge in [-0.05, 0) is 24.3 Å². The minimum atomic E-state index is -0.443. The predicted molar refractivity (Wildman–Crippen MR) is 81.5 cm³/mol. The normalized spacial score (nSPS) is 9.76. The molecule has 0 unspecified atom stereocenters. The molecule has 0 heterocycles. The molecule has 2 rings (SSSR count). The van der Waals surface area contributed by atoms with Gasteiger partial charge in [0.25, 0.3) is 5.91 Å². The van der Waals surface area contributed by atoms with Gasteiger partial charge < -0.3 is 15.8 Å². The molecule has 0 atom stereocenters. The first-order chi connectivity index (χ1) is 10.1. The van der Waals surface area contributed by atoms with Gasteiger partial charge in [0, 0.05) is 11.8 Å². The summed E-state index contributed by atoms with van der Waals surface area (Å²) in [6.07, 6.45) is 0. The number of benzene rings is 2. The van der Waals surface area contributed by atoms with Gasteiger partial charge in [0.1, 0.15) is 5.75 Å². The molecule has 0 saturated heterocycles. The van der Waals surface area contributed by atoms with Gasteiger partial charge in [-0.15, -0.1) is 0 Å². The average molecular weight is 302 g/mol. The number of methoxy groups -OCH3 is 1. The lowest BCUT2D eigenvalue weighted by Crippen LogP contribution is -2.15. The lowest BCUT2D eigenvalue weighted by Gasteiger charge is -2.12. The summed E-state index contributed by atoms with van der Waals surface area (Å²) >= 11 is 6.00. The Hall–Kier alpha value is -2.71. The zero-order chi connectivity index (χ0) is 15.4. The number of ether oxygens (including phenoxy) is 1. The number of nitrogen functional groups attached to an aromatic ring is 1. The van der Waals surface area contributed by atoms with E-state index in [-0.39, 0.29) is 16.3 Å². The van der Waals surface area contributed by atoms with Crippen molar-refractivity contribution in [3.05, 3.63) is 52.5 Å². The second-order valence-electron chi connectivity index (χ2n) is 4.19. The van der Waals surface area contributed by atoms with Crippen LogP contribution in [0.3, 0.4) is 0 Å². The number of carbonyl (C=O) groups excluding carboxylic acids is 1. The van der Waals surface area contributed by atoms with Crippen molar-refractivity contribution in [1.29, 1.82) is 5.26 Å². The summed E-state index contributed by atoms with van der Waals surface area (Å²) in [5.41, 5.74) is 7.12. The smallest absolute Gasteiger partial charge is 0.259 e. The molecule has 6 heteroatoms. The van der Waals surface area contributed by atoms with Crippen molar-refractivity contribution in [2.45, 2.75) is 0 Å². The Balaban J connectivity index is 2.34. The first-order valence-corrected chi connectivity index (χ1v) is 6.38. The standard InChI is InChI=1S/C15H12ClN3O2/c1-21-13-7-9(8-17)5-6-12(13)19-15(20)14-10(16)3-2-4-11(14)18/h2-7H,18H2,1H3,(H,19,20). The second-order valence-corrected chi connectivity index (χ2v) is 4.59. The highest BCUT2D eigenvalue weighted by Crippen LogP contribution is 2.28. The van der Waals surface area contributed by atoms with Crippen LogP contribution in [0, 0.1) is 11.3 Å². The van der Waals surface area contributed by atoms with Gasteiger partial charge >= 0.3 is 0 Å². The van der Waals surface area contributed by atoms with E-state index in [1.165, 1.54) is 13.2 Å². The van der Waals surface area contributed by atoms with Crippen molar-refractivity contribution in [2.24, 2.45) is 0 Å². The summed E-state index contributed by atoms with van der Waals surface area (Å²) in [4.78, 5) is 12.3. The average Bonchev–Trinajstić information content (AvgIpc) is 2.47. The van der Waals surface area contributed by atoms with E-state index in [9.17, 15) is 4.79 Å². The number of amides is 1. The first kappa shape index (κ1) is 14.7. The van der Waals surface area contributed by atoms with Crippen molar-refractivity contribution in [3.63, 3.8) is 0 Å². The summed E-state index contributed by atoms with van der Waals surface area (Å²) in [7, 11) is 1.45. The van der Waals surface area contributed by atoms with Crippen LogP contribution in [0.2, 0.25) is 5.02 Å². The Morgan fingerprint density at radius 2 is 2.14 bits per heavy atom. The Bertz CT molecular complexity index is 718. The highest BCUT2D eigenvalue weighted by atomic mass is 35.5. The Morgan fingerprint density at radius 3 is 2.76 bits per heavy atom. The molecule has 0 fully saturated rings. The Labute approximate surface area is 126 Å². The van der Waals surface area contributed by atoms with Crippen molar-refractivity contribution in [3.8, 4) is 11.8 Å². The van der Waals surface area contributed by atoms with E-state index in [4.69, 9.17) is 27.3 Å². The van der Waals surface area contributed by atoms with E-state index in [0.717, 1.165) is 0 Å². The van der Waals surface area contributed by atoms with Gasteiger partial charge in [0.15, 0.2) is 0 Å². The molecule has 2 aromatic rings. The van der Waals surface area contributed by atoms with Crippen LogP contribution in [0.5, 0.6) is 5.75 Å². The van der Waals surface area contributed by atoms with E-state index >= 15 is 0 Å². The molecular weight excluding hydrogens is 290 g/mol. The number of hydrogen-bond donors (Lipinski definition) is 2. The minimum absolute atomic E-state index is 0.200. The van der Waals surface area contributed by atoms with E-state index in [1.807, 2.05) is 6.07 Å². The molecule has 0 aromatic heterocycles. The summed E-state index contributed by atoms with van der Waals surface area (Å²) in [6, 6.07) is 11.5. The molecule has 0 spiro atoms. The van der Waals surface area contributed by atoms with E-state index in [2.05, 4.69) is 5.32 Å². The molecule has 0 aliphatic rings. The van der Waals surface area contributed by atoms with Crippen molar-refractivity contribution in [1.82, 2.24) is 0 Å². The number of hydrogen-bond acceptors (Lipinski definition) is 4. The summed E-state index contributed by atoms with van der Waals surface area (Å²) < 4.78 is 5.15. The van der Waals surface area contributed by atoms with Gasteiger partial charge in [-0.25, -0.2) is 0 Å². The van der Waals surface area contributed by atoms with Gasteiger partial charge in [-0.2, -0.15) is 5.26 Å². The zero-order valence-corrected chi connectivity index (χ0v) is 11.9. The number of anilines is 2. The number of nitriles is 1. The maximum atomic E-state index is 12.3. The fourth-order valence-corrected chi connectivity index (χ4v) is 2.10. The summed E-state index contributed by atoms with van der Waals surface area (Å²) in [5, 5.41) is 11.8. The van der Waals surface area contributed by atoms with Gasteiger partial charge in [0.2, 0.25) is 0 Å². The molecule has 0 saturated carbocycles. The maximum absolute atomic E-state index is 12.3. The molecule has 3 N–H and O–H groups in total. The molecule has 21 heavy (non-hydrogen) atoms. The van der Waals surface area contributed by atoms with Crippen LogP contribution in [0.1, 0.15) is 15.9 Å². The topological polar surface area (TPSA) is 88.1 Å². The molecular formula is C15H12ClN3O2. The van der Waals surface area contributed by atoms with E-state index in [0.29, 0.717) is 17.0 Å². The Morgan fingerprint density at radius 1 is 1.38 bits per heavy atom. The molecule has 0 aliphatic heterocycles. The molecule has 2 aromatic carbocycles. The summed E-state index contributed by atoms with van der Waals surface area (Å²) in [6.45, 7) is 0. The number of halogens is 1. The fraction of sp³-hybridized carbons (Fsp3) is 0.0667. The van der Waals surface area contributed by atoms with Crippen LogP contribution >= 0.6 is 11.6 Å². The highest BCUT2D eigenvalue weighted by Gasteiger charge is 2.16. The van der Waals surface area contributed by atoms with E-state index < -0.39 is 5.91 Å². The van der Waals surface area contributed by atoms with Gasteiger partial charge in [-0.3, -0.25) is 4.79 Å². The van der Waals surface area contributed by atoms with Crippen LogP contribution in [-0.4, -0.2) is 13.0 Å². The number of nitrogens with one attached hydrogen (secondary N) is 1.